The third-order valence-electron chi connectivity index (χ3n) is 4.64. The molecular formula is C20H28ClN5O4. The van der Waals surface area contributed by atoms with E-state index >= 15 is 0 Å². The fourth-order valence-electron chi connectivity index (χ4n) is 3.55. The van der Waals surface area contributed by atoms with E-state index in [-0.39, 0.29) is 18.6 Å². The lowest BCUT2D eigenvalue weighted by Gasteiger charge is -2.36. The molecule has 0 aliphatic carbocycles. The fraction of sp³-hybridized carbons (Fsp3) is 0.550. The van der Waals surface area contributed by atoms with Gasteiger partial charge in [0, 0.05) is 32.4 Å². The average molecular weight is 438 g/mol. The van der Waals surface area contributed by atoms with E-state index in [1.807, 2.05) is 20.8 Å². The molecule has 1 aliphatic rings. The van der Waals surface area contributed by atoms with E-state index in [4.69, 9.17) is 21.1 Å². The predicted molar refractivity (Wildman–Crippen MR) is 116 cm³/mol. The molecule has 0 aromatic carbocycles. The zero-order chi connectivity index (χ0) is 21.9. The number of nitrogens with zero attached hydrogens (tertiary/aromatic N) is 2. The second-order valence-corrected chi connectivity index (χ2v) is 8.70. The summed E-state index contributed by atoms with van der Waals surface area (Å²) in [7, 11) is 1.46. The lowest BCUT2D eigenvalue weighted by molar-refractivity contribution is -0.119. The fourth-order valence-corrected chi connectivity index (χ4v) is 3.82. The Kier molecular flexibility index (Phi) is 6.72. The number of aromatic nitrogens is 2. The molecule has 2 amide bonds. The number of pyridine rings is 1. The van der Waals surface area contributed by atoms with Crippen LogP contribution in [0.2, 0.25) is 5.02 Å². The SMILES string of the molecule is COCC(=O)Nc1c[nH]c2ncc(Cl)c(N3CCC[C@@H](NC(=O)OC(C)(C)C)C3)c12. The Morgan fingerprint density at radius 2 is 2.17 bits per heavy atom. The Morgan fingerprint density at radius 1 is 1.40 bits per heavy atom. The third-order valence-corrected chi connectivity index (χ3v) is 4.91. The second-order valence-electron chi connectivity index (χ2n) is 8.29. The number of anilines is 2. The predicted octanol–water partition coefficient (Wildman–Crippen LogP) is 3.29. The number of halogens is 1. The number of methoxy groups -OCH3 is 1. The van der Waals surface area contributed by atoms with Crippen LogP contribution in [0.3, 0.4) is 0 Å². The highest BCUT2D eigenvalue weighted by molar-refractivity contribution is 6.35. The van der Waals surface area contributed by atoms with Crippen molar-refractivity contribution in [2.45, 2.75) is 45.3 Å². The van der Waals surface area contributed by atoms with Crippen LogP contribution in [0.4, 0.5) is 16.2 Å². The van der Waals surface area contributed by atoms with E-state index in [9.17, 15) is 9.59 Å². The largest absolute Gasteiger partial charge is 0.444 e. The van der Waals surface area contributed by atoms with Crippen LogP contribution in [0.1, 0.15) is 33.6 Å². The molecule has 1 fully saturated rings. The summed E-state index contributed by atoms with van der Waals surface area (Å²) < 4.78 is 10.3. The number of carbonyl (C=O) groups excluding carboxylic acids is 2. The summed E-state index contributed by atoms with van der Waals surface area (Å²) in [6, 6.07) is -0.0849. The Morgan fingerprint density at radius 3 is 2.87 bits per heavy atom. The molecule has 164 valence electrons. The number of ether oxygens (including phenoxy) is 2. The molecule has 1 saturated heterocycles. The van der Waals surface area contributed by atoms with E-state index in [0.717, 1.165) is 30.5 Å². The van der Waals surface area contributed by atoms with Crippen LogP contribution in [0.15, 0.2) is 12.4 Å². The van der Waals surface area contributed by atoms with Crippen LogP contribution in [-0.2, 0) is 14.3 Å². The van der Waals surface area contributed by atoms with Gasteiger partial charge in [-0.05, 0) is 33.6 Å². The first-order valence-electron chi connectivity index (χ1n) is 9.87. The van der Waals surface area contributed by atoms with Gasteiger partial charge in [-0.15, -0.1) is 0 Å². The quantitative estimate of drug-likeness (QED) is 0.662. The minimum atomic E-state index is -0.556. The smallest absolute Gasteiger partial charge is 0.407 e. The van der Waals surface area contributed by atoms with Crippen LogP contribution in [0, 0.1) is 0 Å². The minimum absolute atomic E-state index is 0.0540. The van der Waals surface area contributed by atoms with Crippen molar-refractivity contribution < 1.29 is 19.1 Å². The number of carbonyl (C=O) groups is 2. The molecule has 0 unspecified atom stereocenters. The Labute approximate surface area is 180 Å². The normalized spacial score (nSPS) is 17.1. The molecule has 2 aromatic heterocycles. The van der Waals surface area contributed by atoms with Crippen molar-refractivity contribution in [3.63, 3.8) is 0 Å². The number of aromatic amines is 1. The Hall–Kier alpha value is -2.52. The molecular weight excluding hydrogens is 410 g/mol. The van der Waals surface area contributed by atoms with Crippen LogP contribution >= 0.6 is 11.6 Å². The maximum absolute atomic E-state index is 12.2. The van der Waals surface area contributed by atoms with Gasteiger partial charge in [-0.1, -0.05) is 11.6 Å². The van der Waals surface area contributed by atoms with Gasteiger partial charge in [0.15, 0.2) is 0 Å². The van der Waals surface area contributed by atoms with Gasteiger partial charge < -0.3 is 30.0 Å². The number of hydrogen-bond acceptors (Lipinski definition) is 6. The molecule has 9 nitrogen and oxygen atoms in total. The topological polar surface area (TPSA) is 109 Å². The monoisotopic (exact) mass is 437 g/mol. The van der Waals surface area contributed by atoms with E-state index in [0.29, 0.717) is 22.9 Å². The summed E-state index contributed by atoms with van der Waals surface area (Å²) in [4.78, 5) is 33.7. The highest BCUT2D eigenvalue weighted by Gasteiger charge is 2.27. The summed E-state index contributed by atoms with van der Waals surface area (Å²) >= 11 is 6.54. The molecule has 0 spiro atoms. The number of fused-ring (bicyclic) bond motifs is 1. The minimum Gasteiger partial charge on any atom is -0.444 e. The first-order valence-corrected chi connectivity index (χ1v) is 10.2. The van der Waals surface area contributed by atoms with Gasteiger partial charge in [-0.2, -0.15) is 0 Å². The van der Waals surface area contributed by atoms with Crippen LogP contribution < -0.4 is 15.5 Å². The highest BCUT2D eigenvalue weighted by Crippen LogP contribution is 2.38. The lowest BCUT2D eigenvalue weighted by Crippen LogP contribution is -2.49. The zero-order valence-corrected chi connectivity index (χ0v) is 18.4. The first kappa shape index (κ1) is 22.2. The molecule has 3 rings (SSSR count). The Bertz CT molecular complexity index is 924. The average Bonchev–Trinajstić information content (AvgIpc) is 3.03. The summed E-state index contributed by atoms with van der Waals surface area (Å²) in [5.41, 5.74) is 1.41. The van der Waals surface area contributed by atoms with Gasteiger partial charge >= 0.3 is 6.09 Å². The van der Waals surface area contributed by atoms with Crippen LogP contribution in [0.5, 0.6) is 0 Å². The summed E-state index contributed by atoms with van der Waals surface area (Å²) in [6.07, 6.45) is 4.55. The summed E-state index contributed by atoms with van der Waals surface area (Å²) in [6.45, 7) is 6.77. The van der Waals surface area contributed by atoms with Gasteiger partial charge in [-0.3, -0.25) is 4.79 Å². The second kappa shape index (κ2) is 9.09. The number of rotatable bonds is 5. The highest BCUT2D eigenvalue weighted by atomic mass is 35.5. The first-order chi connectivity index (χ1) is 14.2. The van der Waals surface area contributed by atoms with Gasteiger partial charge in [0.05, 0.1) is 28.0 Å². The van der Waals surface area contributed by atoms with Gasteiger partial charge in [-0.25, -0.2) is 9.78 Å². The van der Waals surface area contributed by atoms with Gasteiger partial charge in [0.25, 0.3) is 0 Å². The summed E-state index contributed by atoms with van der Waals surface area (Å²) in [5, 5.41) is 6.98. The summed E-state index contributed by atoms with van der Waals surface area (Å²) in [5.74, 6) is -0.271. The number of amides is 2. The van der Waals surface area contributed by atoms with E-state index in [1.165, 1.54) is 7.11 Å². The van der Waals surface area contributed by atoms with Crippen molar-refractivity contribution in [3.8, 4) is 0 Å². The number of alkyl carbamates (subject to hydrolysis) is 1. The van der Waals surface area contributed by atoms with E-state index in [1.54, 1.807) is 12.4 Å². The molecule has 0 saturated carbocycles. The van der Waals surface area contributed by atoms with E-state index in [2.05, 4.69) is 25.5 Å². The molecule has 0 bridgehead atoms. The number of piperidine rings is 1. The van der Waals surface area contributed by atoms with Crippen molar-refractivity contribution in [2.24, 2.45) is 0 Å². The number of hydrogen-bond donors (Lipinski definition) is 3. The van der Waals surface area contributed by atoms with Crippen molar-refractivity contribution >= 4 is 46.0 Å². The lowest BCUT2D eigenvalue weighted by atomic mass is 10.0. The molecule has 30 heavy (non-hydrogen) atoms. The molecule has 0 radical (unpaired) electrons. The van der Waals surface area contributed by atoms with Crippen LogP contribution in [-0.4, -0.2) is 60.4 Å². The Balaban J connectivity index is 1.84. The van der Waals surface area contributed by atoms with Crippen molar-refractivity contribution in [3.05, 3.63) is 17.4 Å². The zero-order valence-electron chi connectivity index (χ0n) is 17.7. The third kappa shape index (κ3) is 5.34. The maximum atomic E-state index is 12.2. The van der Waals surface area contributed by atoms with Crippen molar-refractivity contribution in [1.29, 1.82) is 0 Å². The van der Waals surface area contributed by atoms with Gasteiger partial charge in [0.1, 0.15) is 17.9 Å². The van der Waals surface area contributed by atoms with Crippen LogP contribution in [0.25, 0.3) is 11.0 Å². The number of nitrogens with one attached hydrogen (secondary N) is 3. The van der Waals surface area contributed by atoms with Crippen molar-refractivity contribution in [2.75, 3.05) is 37.0 Å². The molecule has 10 heteroatoms. The molecule has 2 aromatic rings. The number of H-pyrrole nitrogens is 1. The molecule has 3 heterocycles. The standard InChI is InChI=1S/C20H28ClN5O4/c1-20(2,3)30-19(28)24-12-6-5-7-26(10-12)17-13(21)8-22-18-16(17)14(9-23-18)25-15(27)11-29-4/h8-9,12H,5-7,10-11H2,1-4H3,(H,22,23)(H,24,28)(H,25,27)/t12-/m1/s1. The maximum Gasteiger partial charge on any atom is 0.407 e. The van der Waals surface area contributed by atoms with E-state index < -0.39 is 11.7 Å². The van der Waals surface area contributed by atoms with Gasteiger partial charge in [0.2, 0.25) is 5.91 Å². The van der Waals surface area contributed by atoms with Crippen molar-refractivity contribution in [1.82, 2.24) is 15.3 Å². The molecule has 1 atom stereocenters. The molecule has 3 N–H and O–H groups in total. The molecule has 1 aliphatic heterocycles.